The van der Waals surface area contributed by atoms with Gasteiger partial charge in [0.1, 0.15) is 11.7 Å². The van der Waals surface area contributed by atoms with Crippen molar-refractivity contribution in [2.45, 2.75) is 19.4 Å². The minimum absolute atomic E-state index is 0.246. The molecule has 1 aromatic carbocycles. The number of nitrogens with zero attached hydrogens (tertiary/aromatic N) is 2. The van der Waals surface area contributed by atoms with Crippen LogP contribution in [-0.2, 0) is 4.79 Å². The average Bonchev–Trinajstić information content (AvgIpc) is 2.79. The molecule has 2 N–H and O–H groups in total. The van der Waals surface area contributed by atoms with Crippen LogP contribution in [0.2, 0.25) is 5.02 Å². The van der Waals surface area contributed by atoms with Crippen LogP contribution >= 0.6 is 22.9 Å². The Kier molecular flexibility index (Phi) is 3.88. The molecule has 0 radical (unpaired) electrons. The van der Waals surface area contributed by atoms with Crippen molar-refractivity contribution in [2.75, 3.05) is 6.54 Å². The fraction of sp³-hybridized carbons (Fsp3) is 0.267. The Morgan fingerprint density at radius 1 is 1.36 bits per heavy atom. The van der Waals surface area contributed by atoms with Gasteiger partial charge in [-0.1, -0.05) is 23.7 Å². The molecule has 1 atom stereocenters. The Morgan fingerprint density at radius 3 is 2.59 bits per heavy atom. The highest BCUT2D eigenvalue weighted by molar-refractivity contribution is 7.15. The van der Waals surface area contributed by atoms with Gasteiger partial charge >= 0.3 is 0 Å². The molecule has 1 aliphatic heterocycles. The molecule has 7 heteroatoms. The molecule has 2 amide bonds. The monoisotopic (exact) mass is 335 g/mol. The van der Waals surface area contributed by atoms with Gasteiger partial charge < -0.3 is 10.6 Å². The number of hydrogen-bond donors (Lipinski definition) is 1. The molecule has 114 valence electrons. The molecule has 1 unspecified atom stereocenters. The third-order valence-corrected chi connectivity index (χ3v) is 4.92. The minimum atomic E-state index is -0.521. The predicted molar refractivity (Wildman–Crippen MR) is 85.9 cm³/mol. The maximum Gasteiger partial charge on any atom is 0.274 e. The van der Waals surface area contributed by atoms with Crippen LogP contribution in [0, 0.1) is 6.92 Å². The van der Waals surface area contributed by atoms with E-state index < -0.39 is 11.9 Å². The quantitative estimate of drug-likeness (QED) is 0.936. The number of likely N-dealkylation sites (tertiary alicyclic amines) is 1. The van der Waals surface area contributed by atoms with E-state index in [1.165, 1.54) is 16.2 Å². The zero-order valence-electron chi connectivity index (χ0n) is 11.9. The van der Waals surface area contributed by atoms with Gasteiger partial charge in [0.15, 0.2) is 0 Å². The van der Waals surface area contributed by atoms with E-state index in [0.29, 0.717) is 23.7 Å². The molecule has 0 spiro atoms. The number of rotatable bonds is 3. The van der Waals surface area contributed by atoms with Crippen LogP contribution in [0.15, 0.2) is 24.3 Å². The van der Waals surface area contributed by atoms with Crippen LogP contribution < -0.4 is 5.73 Å². The molecule has 2 aromatic rings. The number of carbonyl (C=O) groups is 2. The summed E-state index contributed by atoms with van der Waals surface area (Å²) in [6.07, 6.45) is 0.612. The van der Waals surface area contributed by atoms with Crippen LogP contribution in [0.1, 0.15) is 21.9 Å². The molecule has 3 rings (SSSR count). The van der Waals surface area contributed by atoms with E-state index in [0.717, 1.165) is 15.4 Å². The second-order valence-corrected chi connectivity index (χ2v) is 6.76. The highest BCUT2D eigenvalue weighted by Crippen LogP contribution is 2.33. The number of halogens is 1. The molecule has 0 aliphatic carbocycles. The standard InChI is InChI=1S/C15H14ClN3O2S/c1-8-18-12(15(21)19-7-6-11(19)14(17)20)13(22-8)9-2-4-10(16)5-3-9/h2-5,11H,6-7H2,1H3,(H2,17,20). The van der Waals surface area contributed by atoms with Gasteiger partial charge in [-0.3, -0.25) is 9.59 Å². The highest BCUT2D eigenvalue weighted by Gasteiger charge is 2.38. The fourth-order valence-corrected chi connectivity index (χ4v) is 3.47. The molecule has 2 heterocycles. The zero-order chi connectivity index (χ0) is 15.9. The van der Waals surface area contributed by atoms with Crippen molar-refractivity contribution >= 4 is 34.8 Å². The largest absolute Gasteiger partial charge is 0.368 e. The number of nitrogens with two attached hydrogens (primary N) is 1. The lowest BCUT2D eigenvalue weighted by Gasteiger charge is -2.38. The van der Waals surface area contributed by atoms with Crippen LogP contribution in [0.25, 0.3) is 10.4 Å². The van der Waals surface area contributed by atoms with E-state index in [2.05, 4.69) is 4.98 Å². The van der Waals surface area contributed by atoms with E-state index >= 15 is 0 Å². The second-order valence-electron chi connectivity index (χ2n) is 5.12. The van der Waals surface area contributed by atoms with E-state index in [4.69, 9.17) is 17.3 Å². The number of carbonyl (C=O) groups excluding carboxylic acids is 2. The number of amides is 2. The lowest BCUT2D eigenvalue weighted by Crippen LogP contribution is -2.57. The fourth-order valence-electron chi connectivity index (χ4n) is 2.43. The first kappa shape index (κ1) is 15.0. The summed E-state index contributed by atoms with van der Waals surface area (Å²) in [5, 5.41) is 1.43. The number of benzene rings is 1. The smallest absolute Gasteiger partial charge is 0.274 e. The van der Waals surface area contributed by atoms with Crippen molar-refractivity contribution in [3.63, 3.8) is 0 Å². The maximum atomic E-state index is 12.7. The molecular weight excluding hydrogens is 322 g/mol. The summed E-state index contributed by atoms with van der Waals surface area (Å²) in [6.45, 7) is 2.38. The van der Waals surface area contributed by atoms with Gasteiger partial charge in [-0.15, -0.1) is 11.3 Å². The zero-order valence-corrected chi connectivity index (χ0v) is 13.4. The van der Waals surface area contributed by atoms with E-state index in [9.17, 15) is 9.59 Å². The number of primary amides is 1. The Labute approximate surface area is 136 Å². The third kappa shape index (κ3) is 2.60. The molecule has 1 saturated heterocycles. The average molecular weight is 336 g/mol. The van der Waals surface area contributed by atoms with Gasteiger partial charge in [-0.25, -0.2) is 4.98 Å². The number of aryl methyl sites for hydroxylation is 1. The normalized spacial score (nSPS) is 17.2. The number of aromatic nitrogens is 1. The van der Waals surface area contributed by atoms with Crippen molar-refractivity contribution in [1.29, 1.82) is 0 Å². The Balaban J connectivity index is 1.96. The van der Waals surface area contributed by atoms with Crippen molar-refractivity contribution < 1.29 is 9.59 Å². The molecule has 1 aromatic heterocycles. The minimum Gasteiger partial charge on any atom is -0.368 e. The number of hydrogen-bond acceptors (Lipinski definition) is 4. The SMILES string of the molecule is Cc1nc(C(=O)N2CCC2C(N)=O)c(-c2ccc(Cl)cc2)s1. The number of thiazole rings is 1. The summed E-state index contributed by atoms with van der Waals surface area (Å²) < 4.78 is 0. The molecule has 0 bridgehead atoms. The molecule has 5 nitrogen and oxygen atoms in total. The summed E-state index contributed by atoms with van der Waals surface area (Å²) in [7, 11) is 0. The molecular formula is C15H14ClN3O2S. The van der Waals surface area contributed by atoms with Crippen molar-refractivity contribution in [1.82, 2.24) is 9.88 Å². The van der Waals surface area contributed by atoms with Crippen LogP contribution in [0.4, 0.5) is 0 Å². The van der Waals surface area contributed by atoms with Crippen LogP contribution in [0.5, 0.6) is 0 Å². The first-order valence-corrected chi connectivity index (χ1v) is 8.00. The third-order valence-electron chi connectivity index (χ3n) is 3.65. The summed E-state index contributed by atoms with van der Waals surface area (Å²) in [5.74, 6) is -0.719. The van der Waals surface area contributed by atoms with Gasteiger partial charge in [-0.05, 0) is 31.0 Å². The first-order valence-electron chi connectivity index (χ1n) is 6.81. The lowest BCUT2D eigenvalue weighted by molar-refractivity contribution is -0.125. The van der Waals surface area contributed by atoms with E-state index in [-0.39, 0.29) is 5.91 Å². The van der Waals surface area contributed by atoms with E-state index in [1.807, 2.05) is 19.1 Å². The molecule has 22 heavy (non-hydrogen) atoms. The molecule has 0 saturated carbocycles. The van der Waals surface area contributed by atoms with Crippen molar-refractivity contribution in [3.05, 3.63) is 40.0 Å². The second kappa shape index (κ2) is 5.70. The van der Waals surface area contributed by atoms with Gasteiger partial charge in [-0.2, -0.15) is 0 Å². The van der Waals surface area contributed by atoms with Crippen molar-refractivity contribution in [3.8, 4) is 10.4 Å². The molecule has 1 aliphatic rings. The Morgan fingerprint density at radius 2 is 2.05 bits per heavy atom. The first-order chi connectivity index (χ1) is 10.5. The van der Waals surface area contributed by atoms with Crippen LogP contribution in [-0.4, -0.2) is 34.3 Å². The Hall–Kier alpha value is -1.92. The summed E-state index contributed by atoms with van der Waals surface area (Å²) in [6, 6.07) is 6.74. The summed E-state index contributed by atoms with van der Waals surface area (Å²) in [4.78, 5) is 30.6. The highest BCUT2D eigenvalue weighted by atomic mass is 35.5. The lowest BCUT2D eigenvalue weighted by atomic mass is 10.0. The summed E-state index contributed by atoms with van der Waals surface area (Å²) in [5.41, 5.74) is 6.56. The maximum absolute atomic E-state index is 12.7. The van der Waals surface area contributed by atoms with Gasteiger partial charge in [0.2, 0.25) is 5.91 Å². The topological polar surface area (TPSA) is 76.3 Å². The van der Waals surface area contributed by atoms with Gasteiger partial charge in [0.25, 0.3) is 5.91 Å². The van der Waals surface area contributed by atoms with Crippen molar-refractivity contribution in [2.24, 2.45) is 5.73 Å². The van der Waals surface area contributed by atoms with Gasteiger partial charge in [0.05, 0.1) is 9.88 Å². The summed E-state index contributed by atoms with van der Waals surface area (Å²) >= 11 is 7.35. The van der Waals surface area contributed by atoms with Gasteiger partial charge in [0, 0.05) is 11.6 Å². The Bertz CT molecular complexity index is 742. The predicted octanol–water partition coefficient (Wildman–Crippen LogP) is 2.47. The van der Waals surface area contributed by atoms with Crippen LogP contribution in [0.3, 0.4) is 0 Å². The van der Waals surface area contributed by atoms with E-state index in [1.54, 1.807) is 12.1 Å². The molecule has 1 fully saturated rings.